The molecule has 1 aromatic carbocycles. The van der Waals surface area contributed by atoms with Crippen molar-refractivity contribution in [3.8, 4) is 5.75 Å². The van der Waals surface area contributed by atoms with Crippen molar-refractivity contribution in [1.29, 1.82) is 0 Å². The van der Waals surface area contributed by atoms with E-state index in [2.05, 4.69) is 42.0 Å². The van der Waals surface area contributed by atoms with Gasteiger partial charge >= 0.3 is 0 Å². The van der Waals surface area contributed by atoms with Crippen LogP contribution in [0.1, 0.15) is 20.8 Å². The molecule has 0 saturated heterocycles. The van der Waals surface area contributed by atoms with Gasteiger partial charge in [-0.2, -0.15) is 0 Å². The van der Waals surface area contributed by atoms with Gasteiger partial charge in [0.25, 0.3) is 0 Å². The third kappa shape index (κ3) is 5.04. The Balaban J connectivity index is 2.31. The van der Waals surface area contributed by atoms with Crippen molar-refractivity contribution in [2.24, 2.45) is 5.92 Å². The number of ether oxygens (including phenoxy) is 1. The van der Waals surface area contributed by atoms with E-state index in [1.807, 2.05) is 0 Å². The van der Waals surface area contributed by atoms with Gasteiger partial charge in [0.2, 0.25) is 0 Å². The number of benzene rings is 1. The van der Waals surface area contributed by atoms with E-state index in [4.69, 9.17) is 4.74 Å². The first-order valence-electron chi connectivity index (χ1n) is 5.82. The lowest BCUT2D eigenvalue weighted by Gasteiger charge is -2.17. The van der Waals surface area contributed by atoms with Crippen LogP contribution >= 0.6 is 15.9 Å². The van der Waals surface area contributed by atoms with Crippen LogP contribution in [-0.2, 0) is 0 Å². The SMILES string of the molecule is CC(C)C(C)NCCOc1ccc(F)cc1Br. The van der Waals surface area contributed by atoms with E-state index in [1.54, 1.807) is 6.07 Å². The summed E-state index contributed by atoms with van der Waals surface area (Å²) in [6.45, 7) is 7.85. The van der Waals surface area contributed by atoms with E-state index in [1.165, 1.54) is 12.1 Å². The normalized spacial score (nSPS) is 12.8. The summed E-state index contributed by atoms with van der Waals surface area (Å²) in [4.78, 5) is 0. The fourth-order valence-electron chi connectivity index (χ4n) is 1.28. The van der Waals surface area contributed by atoms with E-state index in [-0.39, 0.29) is 5.82 Å². The standard InChI is InChI=1S/C13H19BrFNO/c1-9(2)10(3)16-6-7-17-13-5-4-11(15)8-12(13)14/h4-5,8-10,16H,6-7H2,1-3H3. The van der Waals surface area contributed by atoms with E-state index in [0.29, 0.717) is 28.8 Å². The van der Waals surface area contributed by atoms with Gasteiger partial charge in [0.15, 0.2) is 0 Å². The van der Waals surface area contributed by atoms with Crippen LogP contribution in [0.3, 0.4) is 0 Å². The molecule has 0 heterocycles. The van der Waals surface area contributed by atoms with E-state index >= 15 is 0 Å². The second-order valence-corrected chi connectivity index (χ2v) is 5.26. The maximum absolute atomic E-state index is 12.8. The minimum absolute atomic E-state index is 0.268. The van der Waals surface area contributed by atoms with Crippen LogP contribution in [0, 0.1) is 11.7 Å². The average Bonchev–Trinajstić information content (AvgIpc) is 2.26. The molecule has 1 rings (SSSR count). The molecule has 96 valence electrons. The Morgan fingerprint density at radius 3 is 2.65 bits per heavy atom. The summed E-state index contributed by atoms with van der Waals surface area (Å²) < 4.78 is 19.0. The highest BCUT2D eigenvalue weighted by Gasteiger charge is 2.06. The van der Waals surface area contributed by atoms with Gasteiger partial charge in [-0.1, -0.05) is 13.8 Å². The summed E-state index contributed by atoms with van der Waals surface area (Å²) in [5, 5.41) is 3.37. The minimum atomic E-state index is -0.268. The van der Waals surface area contributed by atoms with Crippen molar-refractivity contribution >= 4 is 15.9 Å². The molecule has 2 nitrogen and oxygen atoms in total. The maximum atomic E-state index is 12.8. The van der Waals surface area contributed by atoms with Gasteiger partial charge in [0.05, 0.1) is 4.47 Å². The lowest BCUT2D eigenvalue weighted by Crippen LogP contribution is -2.33. The van der Waals surface area contributed by atoms with Gasteiger partial charge in [0.1, 0.15) is 18.2 Å². The zero-order valence-electron chi connectivity index (χ0n) is 10.5. The Kier molecular flexibility index (Phi) is 5.92. The average molecular weight is 304 g/mol. The Hall–Kier alpha value is -0.610. The summed E-state index contributed by atoms with van der Waals surface area (Å²) in [6, 6.07) is 4.89. The number of nitrogens with one attached hydrogen (secondary N) is 1. The molecule has 0 radical (unpaired) electrons. The van der Waals surface area contributed by atoms with Gasteiger partial charge in [-0.25, -0.2) is 4.39 Å². The van der Waals surface area contributed by atoms with Crippen LogP contribution in [0.5, 0.6) is 5.75 Å². The highest BCUT2D eigenvalue weighted by atomic mass is 79.9. The second kappa shape index (κ2) is 6.97. The zero-order chi connectivity index (χ0) is 12.8. The first-order chi connectivity index (χ1) is 8.00. The summed E-state index contributed by atoms with van der Waals surface area (Å²) >= 11 is 3.27. The Bertz CT molecular complexity index is 357. The van der Waals surface area contributed by atoms with Gasteiger partial charge in [-0.05, 0) is 47.0 Å². The molecule has 0 amide bonds. The number of hydrogen-bond donors (Lipinski definition) is 1. The van der Waals surface area contributed by atoms with Crippen molar-refractivity contribution in [3.05, 3.63) is 28.5 Å². The zero-order valence-corrected chi connectivity index (χ0v) is 12.1. The molecule has 0 saturated carbocycles. The van der Waals surface area contributed by atoms with E-state index < -0.39 is 0 Å². The number of rotatable bonds is 6. The molecule has 0 fully saturated rings. The van der Waals surface area contributed by atoms with Crippen LogP contribution in [0.15, 0.2) is 22.7 Å². The van der Waals surface area contributed by atoms with Crippen LogP contribution in [0.25, 0.3) is 0 Å². The van der Waals surface area contributed by atoms with Crippen LogP contribution in [0.4, 0.5) is 4.39 Å². The lowest BCUT2D eigenvalue weighted by atomic mass is 10.1. The molecule has 0 aromatic heterocycles. The largest absolute Gasteiger partial charge is 0.491 e. The van der Waals surface area contributed by atoms with Gasteiger partial charge in [-0.15, -0.1) is 0 Å². The molecule has 4 heteroatoms. The fourth-order valence-corrected chi connectivity index (χ4v) is 1.74. The molecule has 0 bridgehead atoms. The topological polar surface area (TPSA) is 21.3 Å². The van der Waals surface area contributed by atoms with Crippen molar-refractivity contribution in [1.82, 2.24) is 5.32 Å². The highest BCUT2D eigenvalue weighted by molar-refractivity contribution is 9.10. The molecule has 1 atom stereocenters. The highest BCUT2D eigenvalue weighted by Crippen LogP contribution is 2.25. The molecule has 17 heavy (non-hydrogen) atoms. The molecular weight excluding hydrogens is 285 g/mol. The summed E-state index contributed by atoms with van der Waals surface area (Å²) in [6.07, 6.45) is 0. The van der Waals surface area contributed by atoms with Gasteiger partial charge in [0, 0.05) is 12.6 Å². The van der Waals surface area contributed by atoms with E-state index in [0.717, 1.165) is 6.54 Å². The molecule has 1 unspecified atom stereocenters. The molecular formula is C13H19BrFNO. The van der Waals surface area contributed by atoms with Crippen LogP contribution < -0.4 is 10.1 Å². The summed E-state index contributed by atoms with van der Waals surface area (Å²) in [7, 11) is 0. The fraction of sp³-hybridized carbons (Fsp3) is 0.538. The van der Waals surface area contributed by atoms with Crippen molar-refractivity contribution in [3.63, 3.8) is 0 Å². The molecule has 1 aromatic rings. The molecule has 0 aliphatic rings. The summed E-state index contributed by atoms with van der Waals surface area (Å²) in [5.74, 6) is 1.01. The van der Waals surface area contributed by atoms with Crippen LogP contribution in [-0.4, -0.2) is 19.2 Å². The maximum Gasteiger partial charge on any atom is 0.133 e. The quantitative estimate of drug-likeness (QED) is 0.811. The monoisotopic (exact) mass is 303 g/mol. The molecule has 0 spiro atoms. The first kappa shape index (κ1) is 14.5. The predicted octanol–water partition coefficient (Wildman–Crippen LogP) is 3.60. The molecule has 0 aliphatic heterocycles. The number of halogens is 2. The third-order valence-electron chi connectivity index (χ3n) is 2.72. The van der Waals surface area contributed by atoms with Crippen LogP contribution in [0.2, 0.25) is 0 Å². The van der Waals surface area contributed by atoms with Crippen molar-refractivity contribution in [2.45, 2.75) is 26.8 Å². The van der Waals surface area contributed by atoms with E-state index in [9.17, 15) is 4.39 Å². The molecule has 1 N–H and O–H groups in total. The second-order valence-electron chi connectivity index (χ2n) is 4.41. The first-order valence-corrected chi connectivity index (χ1v) is 6.61. The minimum Gasteiger partial charge on any atom is -0.491 e. The van der Waals surface area contributed by atoms with Crippen molar-refractivity contribution < 1.29 is 9.13 Å². The lowest BCUT2D eigenvalue weighted by molar-refractivity contribution is 0.295. The molecule has 0 aliphatic carbocycles. The predicted molar refractivity (Wildman–Crippen MR) is 71.9 cm³/mol. The Morgan fingerprint density at radius 1 is 1.35 bits per heavy atom. The Labute approximate surface area is 111 Å². The third-order valence-corrected chi connectivity index (χ3v) is 3.34. The summed E-state index contributed by atoms with van der Waals surface area (Å²) in [5.41, 5.74) is 0. The number of hydrogen-bond acceptors (Lipinski definition) is 2. The van der Waals surface area contributed by atoms with Crippen molar-refractivity contribution in [2.75, 3.05) is 13.2 Å². The van der Waals surface area contributed by atoms with Gasteiger partial charge in [-0.3, -0.25) is 0 Å². The smallest absolute Gasteiger partial charge is 0.133 e. The van der Waals surface area contributed by atoms with Gasteiger partial charge < -0.3 is 10.1 Å². The Morgan fingerprint density at radius 2 is 2.06 bits per heavy atom.